The molecule has 1 saturated heterocycles. The van der Waals surface area contributed by atoms with Crippen LogP contribution in [0.3, 0.4) is 0 Å². The zero-order valence-corrected chi connectivity index (χ0v) is 15.8. The van der Waals surface area contributed by atoms with Gasteiger partial charge in [0.25, 0.3) is 0 Å². The number of sulfonamides is 1. The first kappa shape index (κ1) is 19.1. The van der Waals surface area contributed by atoms with Crippen LogP contribution in [-0.2, 0) is 10.0 Å². The third-order valence-electron chi connectivity index (χ3n) is 4.28. The molecule has 0 saturated carbocycles. The zero-order valence-electron chi connectivity index (χ0n) is 15.0. The molecule has 0 atom stereocenters. The van der Waals surface area contributed by atoms with Gasteiger partial charge in [-0.15, -0.1) is 0 Å². The van der Waals surface area contributed by atoms with Gasteiger partial charge in [0.2, 0.25) is 10.0 Å². The van der Waals surface area contributed by atoms with Gasteiger partial charge in [0.15, 0.2) is 5.96 Å². The molecule has 1 fully saturated rings. The highest BCUT2D eigenvalue weighted by Gasteiger charge is 2.26. The molecule has 1 aliphatic rings. The fourth-order valence-electron chi connectivity index (χ4n) is 2.86. The molecule has 8 nitrogen and oxygen atoms in total. The van der Waals surface area contributed by atoms with Crippen LogP contribution in [0.15, 0.2) is 59.7 Å². The molecule has 0 bridgehead atoms. The summed E-state index contributed by atoms with van der Waals surface area (Å²) in [5.74, 6) is 1.02. The van der Waals surface area contributed by atoms with Gasteiger partial charge in [0.05, 0.1) is 12.3 Å². The molecule has 2 heterocycles. The fourth-order valence-corrected chi connectivity index (χ4v) is 4.16. The van der Waals surface area contributed by atoms with Crippen LogP contribution in [0.25, 0.3) is 0 Å². The normalized spacial score (nSPS) is 16.3. The average Bonchev–Trinajstić information content (AvgIpc) is 2.69. The fraction of sp³-hybridized carbons (Fsp3) is 0.333. The number of guanidine groups is 1. The Morgan fingerprint density at radius 1 is 1.07 bits per heavy atom. The second kappa shape index (κ2) is 8.83. The summed E-state index contributed by atoms with van der Waals surface area (Å²) in [6, 6.07) is 15.1. The third kappa shape index (κ3) is 5.41. The van der Waals surface area contributed by atoms with E-state index in [9.17, 15) is 8.42 Å². The van der Waals surface area contributed by atoms with E-state index >= 15 is 0 Å². The van der Waals surface area contributed by atoms with Gasteiger partial charge >= 0.3 is 0 Å². The number of piperazine rings is 1. The smallest absolute Gasteiger partial charge is 0.216 e. The van der Waals surface area contributed by atoms with Crippen molar-refractivity contribution >= 4 is 27.5 Å². The molecule has 0 aliphatic carbocycles. The molecule has 0 radical (unpaired) electrons. The number of rotatable bonds is 6. The number of hydrogen-bond acceptors (Lipinski definition) is 5. The Morgan fingerprint density at radius 3 is 2.44 bits per heavy atom. The first-order valence-corrected chi connectivity index (χ1v) is 10.4. The number of pyridine rings is 1. The van der Waals surface area contributed by atoms with E-state index in [0.717, 1.165) is 11.5 Å². The van der Waals surface area contributed by atoms with E-state index in [1.807, 2.05) is 48.5 Å². The van der Waals surface area contributed by atoms with Crippen molar-refractivity contribution in [3.05, 3.63) is 54.7 Å². The van der Waals surface area contributed by atoms with E-state index in [0.29, 0.717) is 26.2 Å². The van der Waals surface area contributed by atoms with Crippen molar-refractivity contribution in [2.45, 2.75) is 0 Å². The summed E-state index contributed by atoms with van der Waals surface area (Å²) in [4.78, 5) is 10.5. The van der Waals surface area contributed by atoms with E-state index in [1.54, 1.807) is 6.20 Å². The van der Waals surface area contributed by atoms with Crippen LogP contribution in [0.4, 0.5) is 11.5 Å². The highest BCUT2D eigenvalue weighted by atomic mass is 32.2. The minimum absolute atomic E-state index is 0.0617. The highest BCUT2D eigenvalue weighted by Crippen LogP contribution is 2.14. The Hall–Kier alpha value is -2.65. The second-order valence-electron chi connectivity index (χ2n) is 6.15. The summed E-state index contributed by atoms with van der Waals surface area (Å²) in [6.45, 7) is 2.25. The molecule has 144 valence electrons. The predicted molar refractivity (Wildman–Crippen MR) is 108 cm³/mol. The van der Waals surface area contributed by atoms with Crippen molar-refractivity contribution in [1.29, 1.82) is 0 Å². The van der Waals surface area contributed by atoms with Crippen LogP contribution in [0.1, 0.15) is 0 Å². The van der Waals surface area contributed by atoms with E-state index < -0.39 is 10.0 Å². The first-order chi connectivity index (χ1) is 13.0. The van der Waals surface area contributed by atoms with Crippen LogP contribution < -0.4 is 16.0 Å². The molecule has 0 amide bonds. The maximum Gasteiger partial charge on any atom is 0.216 e. The monoisotopic (exact) mass is 388 g/mol. The molecular formula is C18H24N6O2S. The Kier molecular flexibility index (Phi) is 6.25. The summed E-state index contributed by atoms with van der Waals surface area (Å²) in [5, 5.41) is 2.94. The Bertz CT molecular complexity index is 850. The van der Waals surface area contributed by atoms with Crippen LogP contribution in [0, 0.1) is 0 Å². The van der Waals surface area contributed by atoms with Crippen LogP contribution in [0.2, 0.25) is 0 Å². The maximum atomic E-state index is 12.5. The molecule has 3 N–H and O–H groups in total. The number of para-hydroxylation sites is 1. The largest absolute Gasteiger partial charge is 0.370 e. The van der Waals surface area contributed by atoms with E-state index in [-0.39, 0.29) is 18.3 Å². The van der Waals surface area contributed by atoms with Gasteiger partial charge in [-0.25, -0.2) is 13.4 Å². The number of aliphatic imine (C=N–C) groups is 1. The maximum absolute atomic E-state index is 12.5. The highest BCUT2D eigenvalue weighted by molar-refractivity contribution is 7.89. The van der Waals surface area contributed by atoms with Crippen molar-refractivity contribution < 1.29 is 8.42 Å². The standard InChI is InChI=1S/C18H24N6O2S/c19-18(22-16-6-2-1-3-7-16)21-10-15-27(25,26)24-13-11-23(12-14-24)17-8-4-5-9-20-17/h1-9H,10-15H2,(H3,19,21,22). The number of nitrogens with one attached hydrogen (secondary N) is 1. The topological polar surface area (TPSA) is 104 Å². The molecule has 2 aromatic rings. The van der Waals surface area contributed by atoms with Crippen molar-refractivity contribution in [3.8, 4) is 0 Å². The lowest BCUT2D eigenvalue weighted by Gasteiger charge is -2.34. The number of benzene rings is 1. The Morgan fingerprint density at radius 2 is 1.78 bits per heavy atom. The lowest BCUT2D eigenvalue weighted by atomic mass is 10.3. The third-order valence-corrected chi connectivity index (χ3v) is 6.13. The van der Waals surface area contributed by atoms with Crippen molar-refractivity contribution in [1.82, 2.24) is 9.29 Å². The van der Waals surface area contributed by atoms with Crippen LogP contribution >= 0.6 is 0 Å². The summed E-state index contributed by atoms with van der Waals surface area (Å²) < 4.78 is 26.6. The summed E-state index contributed by atoms with van der Waals surface area (Å²) in [6.07, 6.45) is 1.74. The molecule has 9 heteroatoms. The van der Waals surface area contributed by atoms with E-state index in [4.69, 9.17) is 5.73 Å². The number of hydrogen-bond donors (Lipinski definition) is 2. The van der Waals surface area contributed by atoms with Gasteiger partial charge < -0.3 is 16.0 Å². The number of anilines is 2. The van der Waals surface area contributed by atoms with Gasteiger partial charge in [0.1, 0.15) is 5.82 Å². The molecule has 0 unspecified atom stereocenters. The summed E-state index contributed by atoms with van der Waals surface area (Å²) in [7, 11) is -3.36. The van der Waals surface area contributed by atoms with Crippen molar-refractivity contribution in [3.63, 3.8) is 0 Å². The number of aromatic nitrogens is 1. The molecule has 3 rings (SSSR count). The van der Waals surface area contributed by atoms with Gasteiger partial charge in [-0.3, -0.25) is 4.99 Å². The van der Waals surface area contributed by atoms with Gasteiger partial charge in [-0.1, -0.05) is 24.3 Å². The molecular weight excluding hydrogens is 364 g/mol. The number of nitrogens with zero attached hydrogens (tertiary/aromatic N) is 4. The second-order valence-corrected chi connectivity index (χ2v) is 8.24. The molecule has 1 aromatic heterocycles. The Balaban J connectivity index is 1.48. The van der Waals surface area contributed by atoms with Gasteiger partial charge in [-0.2, -0.15) is 4.31 Å². The lowest BCUT2D eigenvalue weighted by Crippen LogP contribution is -2.49. The minimum Gasteiger partial charge on any atom is -0.370 e. The zero-order chi connectivity index (χ0) is 19.1. The van der Waals surface area contributed by atoms with E-state index in [1.165, 1.54) is 4.31 Å². The van der Waals surface area contributed by atoms with Crippen LogP contribution in [0.5, 0.6) is 0 Å². The molecule has 1 aromatic carbocycles. The summed E-state index contributed by atoms with van der Waals surface area (Å²) >= 11 is 0. The van der Waals surface area contributed by atoms with Crippen molar-refractivity contribution in [2.24, 2.45) is 10.7 Å². The van der Waals surface area contributed by atoms with Gasteiger partial charge in [0, 0.05) is 38.1 Å². The van der Waals surface area contributed by atoms with Gasteiger partial charge in [-0.05, 0) is 24.3 Å². The lowest BCUT2D eigenvalue weighted by molar-refractivity contribution is 0.384. The molecule has 0 spiro atoms. The Labute approximate surface area is 159 Å². The SMILES string of the molecule is NC(=NCCS(=O)(=O)N1CCN(c2ccccn2)CC1)Nc1ccccc1. The predicted octanol–water partition coefficient (Wildman–Crippen LogP) is 0.960. The van der Waals surface area contributed by atoms with E-state index in [2.05, 4.69) is 20.2 Å². The minimum atomic E-state index is -3.36. The van der Waals surface area contributed by atoms with Crippen LogP contribution in [-0.4, -0.2) is 62.1 Å². The molecule has 27 heavy (non-hydrogen) atoms. The molecule has 1 aliphatic heterocycles. The van der Waals surface area contributed by atoms with Crippen molar-refractivity contribution in [2.75, 3.05) is 48.7 Å². The first-order valence-electron chi connectivity index (χ1n) is 8.80. The average molecular weight is 388 g/mol. The summed E-state index contributed by atoms with van der Waals surface area (Å²) in [5.41, 5.74) is 6.63. The quantitative estimate of drug-likeness (QED) is 0.564. The number of nitrogens with two attached hydrogens (primary N) is 1.